The van der Waals surface area contributed by atoms with E-state index >= 15 is 0 Å². The first-order chi connectivity index (χ1) is 11.5. The number of benzene rings is 1. The van der Waals surface area contributed by atoms with Crippen LogP contribution in [0.5, 0.6) is 0 Å². The van der Waals surface area contributed by atoms with Gasteiger partial charge >= 0.3 is 11.9 Å². The lowest BCUT2D eigenvalue weighted by Crippen LogP contribution is -2.47. The van der Waals surface area contributed by atoms with Crippen molar-refractivity contribution in [1.82, 2.24) is 14.0 Å². The molecule has 0 aliphatic rings. The lowest BCUT2D eigenvalue weighted by atomic mass is 10.2. The van der Waals surface area contributed by atoms with Crippen LogP contribution in [0.2, 0.25) is 0 Å². The summed E-state index contributed by atoms with van der Waals surface area (Å²) in [5.41, 5.74) is -1.08. The lowest BCUT2D eigenvalue weighted by Gasteiger charge is -2.28. The van der Waals surface area contributed by atoms with Gasteiger partial charge in [-0.2, -0.15) is 13.2 Å². The number of hydrogen-bond acceptors (Lipinski definition) is 3. The number of fused-ring (bicyclic) bond motifs is 1. The van der Waals surface area contributed by atoms with Crippen molar-refractivity contribution in [3.63, 3.8) is 0 Å². The fraction of sp³-hybridized carbons (Fsp3) is 0.438. The normalized spacial score (nSPS) is 12.0. The van der Waals surface area contributed by atoms with Crippen molar-refractivity contribution in [2.45, 2.75) is 32.6 Å². The van der Waals surface area contributed by atoms with E-state index in [2.05, 4.69) is 0 Å². The molecule has 1 amide bonds. The second kappa shape index (κ2) is 6.73. The molecule has 25 heavy (non-hydrogen) atoms. The first-order valence-corrected chi connectivity index (χ1v) is 7.57. The zero-order chi connectivity index (χ0) is 18.9. The number of carbonyl (C=O) groups excluding carboxylic acids is 1. The Morgan fingerprint density at radius 3 is 2.36 bits per heavy atom. The number of halogens is 3. The van der Waals surface area contributed by atoms with E-state index in [1.807, 2.05) is 0 Å². The summed E-state index contributed by atoms with van der Waals surface area (Å²) in [5, 5.41) is 0.212. The summed E-state index contributed by atoms with van der Waals surface area (Å²) in [6.07, 6.45) is -4.55. The van der Waals surface area contributed by atoms with Gasteiger partial charge in [0.25, 0.3) is 5.56 Å². The van der Waals surface area contributed by atoms with Gasteiger partial charge in [-0.3, -0.25) is 18.7 Å². The summed E-state index contributed by atoms with van der Waals surface area (Å²) >= 11 is 0. The third kappa shape index (κ3) is 3.92. The van der Waals surface area contributed by atoms with E-state index in [9.17, 15) is 27.6 Å². The first kappa shape index (κ1) is 18.8. The van der Waals surface area contributed by atoms with Crippen molar-refractivity contribution in [2.75, 3.05) is 6.54 Å². The van der Waals surface area contributed by atoms with E-state index in [1.165, 1.54) is 33.0 Å². The summed E-state index contributed by atoms with van der Waals surface area (Å²) in [5.74, 6) is -0.849. The zero-order valence-electron chi connectivity index (χ0n) is 14.0. The van der Waals surface area contributed by atoms with Crippen molar-refractivity contribution in [2.24, 2.45) is 7.05 Å². The number of aromatic nitrogens is 2. The fourth-order valence-corrected chi connectivity index (χ4v) is 2.57. The first-order valence-electron chi connectivity index (χ1n) is 7.57. The average Bonchev–Trinajstić information content (AvgIpc) is 2.53. The summed E-state index contributed by atoms with van der Waals surface area (Å²) in [7, 11) is 1.26. The predicted octanol–water partition coefficient (Wildman–Crippen LogP) is 1.50. The number of rotatable bonds is 4. The van der Waals surface area contributed by atoms with Gasteiger partial charge in [0.15, 0.2) is 0 Å². The number of carbonyl (C=O) groups is 1. The van der Waals surface area contributed by atoms with Gasteiger partial charge < -0.3 is 4.90 Å². The Hall–Kier alpha value is -2.58. The molecule has 1 aromatic heterocycles. The van der Waals surface area contributed by atoms with Crippen LogP contribution in [0.15, 0.2) is 33.9 Å². The third-order valence-corrected chi connectivity index (χ3v) is 3.83. The highest BCUT2D eigenvalue weighted by Gasteiger charge is 2.34. The molecule has 0 radical (unpaired) electrons. The molecule has 0 atom stereocenters. The van der Waals surface area contributed by atoms with Gasteiger partial charge in [0.2, 0.25) is 5.91 Å². The quantitative estimate of drug-likeness (QED) is 0.833. The molecule has 136 valence electrons. The monoisotopic (exact) mass is 357 g/mol. The van der Waals surface area contributed by atoms with Crippen molar-refractivity contribution in [1.29, 1.82) is 0 Å². The molecule has 1 heterocycles. The van der Waals surface area contributed by atoms with Crippen LogP contribution < -0.4 is 11.2 Å². The Kier molecular flexibility index (Phi) is 5.05. The Bertz CT molecular complexity index is 913. The molecule has 0 aliphatic heterocycles. The van der Waals surface area contributed by atoms with E-state index in [1.54, 1.807) is 12.1 Å². The van der Waals surface area contributed by atoms with Crippen molar-refractivity contribution < 1.29 is 18.0 Å². The smallest absolute Gasteiger partial charge is 0.330 e. The van der Waals surface area contributed by atoms with Crippen molar-refractivity contribution >= 4 is 16.8 Å². The maximum Gasteiger partial charge on any atom is 0.406 e. The number of amides is 1. The number of para-hydroxylation sites is 1. The van der Waals surface area contributed by atoms with Crippen LogP contribution in [0, 0.1) is 0 Å². The summed E-state index contributed by atoms with van der Waals surface area (Å²) in [6.45, 7) is 0.945. The summed E-state index contributed by atoms with van der Waals surface area (Å²) in [4.78, 5) is 37.5. The van der Waals surface area contributed by atoms with E-state index in [-0.39, 0.29) is 10.9 Å². The van der Waals surface area contributed by atoms with Gasteiger partial charge in [0.05, 0.1) is 10.9 Å². The molecule has 6 nitrogen and oxygen atoms in total. The van der Waals surface area contributed by atoms with Crippen LogP contribution in [-0.4, -0.2) is 38.7 Å². The summed E-state index contributed by atoms with van der Waals surface area (Å²) < 4.78 is 40.0. The second-order valence-electron chi connectivity index (χ2n) is 5.98. The minimum Gasteiger partial charge on any atom is -0.330 e. The molecule has 9 heteroatoms. The summed E-state index contributed by atoms with van der Waals surface area (Å²) in [6, 6.07) is 5.47. The second-order valence-corrected chi connectivity index (χ2v) is 5.98. The van der Waals surface area contributed by atoms with Gasteiger partial charge in [-0.05, 0) is 26.0 Å². The highest BCUT2D eigenvalue weighted by molar-refractivity contribution is 5.81. The van der Waals surface area contributed by atoms with Crippen LogP contribution in [0.1, 0.15) is 13.8 Å². The maximum absolute atomic E-state index is 12.7. The number of hydrogen-bond donors (Lipinski definition) is 0. The lowest BCUT2D eigenvalue weighted by molar-refractivity contribution is -0.165. The topological polar surface area (TPSA) is 64.3 Å². The number of nitrogens with zero attached hydrogens (tertiary/aromatic N) is 3. The molecule has 2 rings (SSSR count). The van der Waals surface area contributed by atoms with Crippen molar-refractivity contribution in [3.8, 4) is 0 Å². The van der Waals surface area contributed by atoms with Gasteiger partial charge in [-0.25, -0.2) is 4.79 Å². The maximum atomic E-state index is 12.7. The molecular formula is C16H18F3N3O3. The minimum absolute atomic E-state index is 0.208. The molecule has 0 spiro atoms. The molecule has 0 saturated heterocycles. The van der Waals surface area contributed by atoms with Crippen LogP contribution >= 0.6 is 0 Å². The van der Waals surface area contributed by atoms with Gasteiger partial charge in [0.1, 0.15) is 13.1 Å². The molecule has 0 N–H and O–H groups in total. The van der Waals surface area contributed by atoms with Crippen LogP contribution in [-0.2, 0) is 18.4 Å². The van der Waals surface area contributed by atoms with Crippen molar-refractivity contribution in [3.05, 3.63) is 45.1 Å². The highest BCUT2D eigenvalue weighted by Crippen LogP contribution is 2.18. The van der Waals surface area contributed by atoms with E-state index in [0.717, 1.165) is 9.13 Å². The van der Waals surface area contributed by atoms with E-state index in [4.69, 9.17) is 0 Å². The SMILES string of the molecule is CC(C)N(CC(F)(F)F)C(=O)Cn1c(=O)n(C)c(=O)c2ccccc21. The molecular weight excluding hydrogens is 339 g/mol. The fourth-order valence-electron chi connectivity index (χ4n) is 2.57. The molecule has 0 unspecified atom stereocenters. The zero-order valence-corrected chi connectivity index (χ0v) is 14.0. The van der Waals surface area contributed by atoms with Gasteiger partial charge in [-0.1, -0.05) is 12.1 Å². The average molecular weight is 357 g/mol. The van der Waals surface area contributed by atoms with Crippen LogP contribution in [0.3, 0.4) is 0 Å². The Morgan fingerprint density at radius 2 is 1.80 bits per heavy atom. The van der Waals surface area contributed by atoms with Gasteiger partial charge in [0, 0.05) is 13.1 Å². The van der Waals surface area contributed by atoms with Crippen LogP contribution in [0.4, 0.5) is 13.2 Å². The molecule has 0 aliphatic carbocycles. The van der Waals surface area contributed by atoms with E-state index < -0.39 is 42.5 Å². The van der Waals surface area contributed by atoms with Gasteiger partial charge in [-0.15, -0.1) is 0 Å². The Balaban J connectivity index is 2.51. The van der Waals surface area contributed by atoms with E-state index in [0.29, 0.717) is 4.90 Å². The Morgan fingerprint density at radius 1 is 1.20 bits per heavy atom. The molecule has 0 bridgehead atoms. The molecule has 0 saturated carbocycles. The highest BCUT2D eigenvalue weighted by atomic mass is 19.4. The van der Waals surface area contributed by atoms with Crippen LogP contribution in [0.25, 0.3) is 10.9 Å². The minimum atomic E-state index is -4.55. The standard InChI is InChI=1S/C16H18F3N3O3/c1-10(2)22(9-16(17,18)19)13(23)8-21-12-7-5-4-6-11(12)14(24)20(3)15(21)25/h4-7,10H,8-9H2,1-3H3. The number of alkyl halides is 3. The molecule has 2 aromatic rings. The molecule has 1 aromatic carbocycles. The largest absolute Gasteiger partial charge is 0.406 e. The third-order valence-electron chi connectivity index (χ3n) is 3.83. The molecule has 0 fully saturated rings. The predicted molar refractivity (Wildman–Crippen MR) is 86.4 cm³/mol. The Labute approximate surface area is 141 Å².